The summed E-state index contributed by atoms with van der Waals surface area (Å²) in [6.45, 7) is 5.84. The van der Waals surface area contributed by atoms with Crippen molar-refractivity contribution in [2.75, 3.05) is 13.2 Å². The van der Waals surface area contributed by atoms with E-state index in [0.29, 0.717) is 18.3 Å². The first-order valence-electron chi connectivity index (χ1n) is 10.5. The van der Waals surface area contributed by atoms with Crippen molar-refractivity contribution in [2.24, 2.45) is 34.0 Å². The van der Waals surface area contributed by atoms with Crippen molar-refractivity contribution in [1.82, 2.24) is 0 Å². The van der Waals surface area contributed by atoms with Crippen LogP contribution in [0.2, 0.25) is 0 Å². The zero-order valence-corrected chi connectivity index (χ0v) is 16.8. The number of fused-ring (bicyclic) bond motifs is 3. The zero-order chi connectivity index (χ0) is 19.6. The highest BCUT2D eigenvalue weighted by atomic mass is 16.5. The summed E-state index contributed by atoms with van der Waals surface area (Å²) in [6, 6.07) is 0. The molecule has 0 heterocycles. The smallest absolute Gasteiger partial charge is 0.302 e. The van der Waals surface area contributed by atoms with Gasteiger partial charge >= 0.3 is 5.97 Å². The highest BCUT2D eigenvalue weighted by Crippen LogP contribution is 2.70. The Morgan fingerprint density at radius 3 is 2.59 bits per heavy atom. The molecule has 27 heavy (non-hydrogen) atoms. The van der Waals surface area contributed by atoms with Crippen molar-refractivity contribution in [1.29, 1.82) is 0 Å². The first kappa shape index (κ1) is 19.4. The number of esters is 1. The predicted molar refractivity (Wildman–Crippen MR) is 101 cm³/mol. The van der Waals surface area contributed by atoms with Gasteiger partial charge in [-0.2, -0.15) is 0 Å². The molecular weight excluding hydrogens is 344 g/mol. The molecule has 0 unspecified atom stereocenters. The molecule has 152 valence electrons. The molecule has 0 radical (unpaired) electrons. The molecule has 3 N–H and O–H groups in total. The second-order valence-corrected chi connectivity index (χ2v) is 10.1. The summed E-state index contributed by atoms with van der Waals surface area (Å²) >= 11 is 0. The fraction of sp³-hybridized carbons (Fsp3) is 0.864. The molecule has 0 saturated heterocycles. The van der Waals surface area contributed by atoms with Gasteiger partial charge in [0.25, 0.3) is 0 Å². The van der Waals surface area contributed by atoms with Crippen LogP contribution in [0, 0.1) is 34.0 Å². The first-order valence-corrected chi connectivity index (χ1v) is 10.5. The predicted octanol–water partition coefficient (Wildman–Crippen LogP) is 2.43. The Morgan fingerprint density at radius 1 is 1.22 bits per heavy atom. The van der Waals surface area contributed by atoms with E-state index in [1.807, 2.05) is 6.92 Å². The second-order valence-electron chi connectivity index (χ2n) is 10.1. The van der Waals surface area contributed by atoms with Crippen molar-refractivity contribution >= 4 is 5.97 Å². The molecule has 0 amide bonds. The van der Waals surface area contributed by atoms with Gasteiger partial charge in [-0.1, -0.05) is 19.9 Å². The number of aliphatic hydroxyl groups excluding tert-OH is 3. The third kappa shape index (κ3) is 2.50. The van der Waals surface area contributed by atoms with Gasteiger partial charge in [-0.3, -0.25) is 4.79 Å². The van der Waals surface area contributed by atoms with E-state index in [1.165, 1.54) is 6.92 Å². The number of aliphatic hydroxyl groups is 3. The van der Waals surface area contributed by atoms with Crippen LogP contribution in [-0.4, -0.2) is 46.7 Å². The number of carbonyl (C=O) groups excluding carboxylic acids is 1. The minimum atomic E-state index is -0.541. The van der Waals surface area contributed by atoms with Crippen LogP contribution >= 0.6 is 0 Å². The quantitative estimate of drug-likeness (QED) is 0.519. The lowest BCUT2D eigenvalue weighted by molar-refractivity contribution is -0.228. The highest BCUT2D eigenvalue weighted by molar-refractivity contribution is 5.66. The summed E-state index contributed by atoms with van der Waals surface area (Å²) in [7, 11) is 0. The van der Waals surface area contributed by atoms with Crippen molar-refractivity contribution in [3.63, 3.8) is 0 Å². The van der Waals surface area contributed by atoms with Crippen LogP contribution in [0.15, 0.2) is 11.6 Å². The van der Waals surface area contributed by atoms with Gasteiger partial charge in [-0.25, -0.2) is 0 Å². The van der Waals surface area contributed by atoms with Crippen LogP contribution in [-0.2, 0) is 9.53 Å². The van der Waals surface area contributed by atoms with Crippen molar-refractivity contribution in [3.8, 4) is 0 Å². The van der Waals surface area contributed by atoms with Crippen LogP contribution in [0.25, 0.3) is 0 Å². The Hall–Kier alpha value is -0.910. The van der Waals surface area contributed by atoms with E-state index in [-0.39, 0.29) is 42.0 Å². The van der Waals surface area contributed by atoms with Gasteiger partial charge in [-0.15, -0.1) is 0 Å². The minimum absolute atomic E-state index is 0.0142. The van der Waals surface area contributed by atoms with E-state index >= 15 is 0 Å². The maximum atomic E-state index is 11.6. The third-order valence-electron chi connectivity index (χ3n) is 9.01. The van der Waals surface area contributed by atoms with E-state index in [2.05, 4.69) is 13.0 Å². The van der Waals surface area contributed by atoms with E-state index < -0.39 is 11.5 Å². The van der Waals surface area contributed by atoms with Gasteiger partial charge in [0.15, 0.2) is 0 Å². The summed E-state index contributed by atoms with van der Waals surface area (Å²) in [4.78, 5) is 11.6. The van der Waals surface area contributed by atoms with E-state index in [1.54, 1.807) is 0 Å². The Kier molecular flexibility index (Phi) is 4.53. The van der Waals surface area contributed by atoms with Crippen LogP contribution in [0.5, 0.6) is 0 Å². The topological polar surface area (TPSA) is 87.0 Å². The lowest BCUT2D eigenvalue weighted by Crippen LogP contribution is -2.65. The van der Waals surface area contributed by atoms with Crippen LogP contribution < -0.4 is 0 Å². The molecule has 8 atom stereocenters. The lowest BCUT2D eigenvalue weighted by Gasteiger charge is -2.66. The van der Waals surface area contributed by atoms with Crippen molar-refractivity contribution < 1.29 is 24.9 Å². The molecule has 0 aliphatic heterocycles. The molecule has 4 rings (SSSR count). The average Bonchev–Trinajstić information content (AvgIpc) is 2.92. The lowest BCUT2D eigenvalue weighted by atomic mass is 9.40. The molecule has 0 aromatic rings. The molecule has 0 aromatic heterocycles. The molecule has 4 aliphatic carbocycles. The molecule has 5 heteroatoms. The fourth-order valence-corrected chi connectivity index (χ4v) is 7.76. The highest BCUT2D eigenvalue weighted by Gasteiger charge is 2.67. The maximum Gasteiger partial charge on any atom is 0.302 e. The number of ether oxygens (including phenoxy) is 1. The minimum Gasteiger partial charge on any atom is -0.462 e. The number of rotatable bonds is 3. The summed E-state index contributed by atoms with van der Waals surface area (Å²) in [6.07, 6.45) is 6.81. The number of carbonyl (C=O) groups is 1. The Bertz CT molecular complexity index is 659. The zero-order valence-electron chi connectivity index (χ0n) is 16.8. The average molecular weight is 379 g/mol. The third-order valence-corrected chi connectivity index (χ3v) is 9.01. The van der Waals surface area contributed by atoms with E-state index in [4.69, 9.17) is 4.74 Å². The summed E-state index contributed by atoms with van der Waals surface area (Å²) in [5.41, 5.74) is 0.314. The molecule has 3 fully saturated rings. The molecule has 5 nitrogen and oxygen atoms in total. The first-order chi connectivity index (χ1) is 12.7. The molecule has 1 spiro atoms. The summed E-state index contributed by atoms with van der Waals surface area (Å²) in [5.74, 6) is 0.538. The normalized spacial score (nSPS) is 51.2. The Balaban J connectivity index is 1.74. The largest absolute Gasteiger partial charge is 0.462 e. The van der Waals surface area contributed by atoms with Gasteiger partial charge in [0.1, 0.15) is 6.10 Å². The Labute approximate surface area is 161 Å². The van der Waals surface area contributed by atoms with Crippen molar-refractivity contribution in [2.45, 2.75) is 71.5 Å². The maximum absolute atomic E-state index is 11.6. The van der Waals surface area contributed by atoms with Crippen LogP contribution in [0.4, 0.5) is 0 Å². The van der Waals surface area contributed by atoms with Crippen LogP contribution in [0.1, 0.15) is 59.3 Å². The summed E-state index contributed by atoms with van der Waals surface area (Å²) < 4.78 is 5.63. The monoisotopic (exact) mass is 378 g/mol. The standard InChI is InChI=1S/C22H34O5/c1-13(25)27-19-6-7-20(2)16-5-4-14-9-22(16,10-15(14)11-23)18(26)8-17(20)21(19,3)12-24/h10,14,16-19,23-24,26H,4-9,11-12H2,1-3H3/t14-,16+,17-,18+,19-,20+,21-,22-/m1/s1. The molecule has 4 aliphatic rings. The SMILES string of the molecule is CC(=O)O[C@@H]1CC[C@]2(C)[C@@H](C[C@H](O)[C@]34C=C(CO)[C@H](CC[C@@H]23)C4)[C@@]1(C)CO. The van der Waals surface area contributed by atoms with Crippen molar-refractivity contribution in [3.05, 3.63) is 11.6 Å². The van der Waals surface area contributed by atoms with Gasteiger partial charge in [0.05, 0.1) is 19.3 Å². The molecule has 3 saturated carbocycles. The van der Waals surface area contributed by atoms with Gasteiger partial charge in [-0.05, 0) is 67.3 Å². The van der Waals surface area contributed by atoms with E-state index in [0.717, 1.165) is 37.7 Å². The van der Waals surface area contributed by atoms with E-state index in [9.17, 15) is 20.1 Å². The van der Waals surface area contributed by atoms with Gasteiger partial charge in [0, 0.05) is 17.8 Å². The molecule has 0 aromatic carbocycles. The molecular formula is C22H34O5. The number of hydrogen-bond donors (Lipinski definition) is 3. The fourth-order valence-electron chi connectivity index (χ4n) is 7.76. The molecule has 2 bridgehead atoms. The summed E-state index contributed by atoms with van der Waals surface area (Å²) in [5, 5.41) is 31.5. The van der Waals surface area contributed by atoms with Gasteiger partial charge in [0.2, 0.25) is 0 Å². The Morgan fingerprint density at radius 2 is 1.96 bits per heavy atom. The number of hydrogen-bond acceptors (Lipinski definition) is 5. The van der Waals surface area contributed by atoms with Crippen LogP contribution in [0.3, 0.4) is 0 Å². The van der Waals surface area contributed by atoms with Gasteiger partial charge < -0.3 is 20.1 Å². The second kappa shape index (κ2) is 6.30.